The van der Waals surface area contributed by atoms with Crippen LogP contribution in [0.15, 0.2) is 42.5 Å². The molecule has 5 heteroatoms. The van der Waals surface area contributed by atoms with Crippen molar-refractivity contribution in [2.45, 2.75) is 45.1 Å². The average Bonchev–Trinajstić information content (AvgIpc) is 3.08. The summed E-state index contributed by atoms with van der Waals surface area (Å²) in [4.78, 5) is 17.0. The number of hydrogen-bond acceptors (Lipinski definition) is 4. The Hall–Kier alpha value is -2.37. The summed E-state index contributed by atoms with van der Waals surface area (Å²) in [5.74, 6) is 0.951. The van der Waals surface area contributed by atoms with E-state index in [1.807, 2.05) is 41.3 Å². The third-order valence-electron chi connectivity index (χ3n) is 6.54. The molecule has 0 aliphatic carbocycles. The summed E-state index contributed by atoms with van der Waals surface area (Å²) in [6.45, 7) is 7.13. The van der Waals surface area contributed by atoms with E-state index >= 15 is 0 Å². The fourth-order valence-corrected chi connectivity index (χ4v) is 4.43. The van der Waals surface area contributed by atoms with Crippen LogP contribution in [0.25, 0.3) is 0 Å². The molecule has 0 saturated carbocycles. The van der Waals surface area contributed by atoms with Crippen LogP contribution in [0.1, 0.15) is 36.0 Å². The normalized spacial score (nSPS) is 21.9. The van der Waals surface area contributed by atoms with Crippen LogP contribution >= 0.6 is 0 Å². The second kappa shape index (κ2) is 8.78. The molecule has 0 aromatic heterocycles. The van der Waals surface area contributed by atoms with Gasteiger partial charge in [0.15, 0.2) is 0 Å². The van der Waals surface area contributed by atoms with Gasteiger partial charge in [0.2, 0.25) is 5.91 Å². The summed E-state index contributed by atoms with van der Waals surface area (Å²) < 4.78 is 5.93. The number of hydrogen-bond donors (Lipinski definition) is 1. The van der Waals surface area contributed by atoms with Crippen molar-refractivity contribution < 1.29 is 14.6 Å². The van der Waals surface area contributed by atoms with Crippen LogP contribution < -0.4 is 9.64 Å². The second-order valence-corrected chi connectivity index (χ2v) is 8.81. The zero-order chi connectivity index (χ0) is 21.1. The van der Waals surface area contributed by atoms with E-state index in [4.69, 9.17) is 4.74 Å². The summed E-state index contributed by atoms with van der Waals surface area (Å²) in [7, 11) is 0. The second-order valence-electron chi connectivity index (χ2n) is 8.81. The molecule has 2 aliphatic heterocycles. The molecule has 2 aromatic carbocycles. The molecule has 1 saturated heterocycles. The van der Waals surface area contributed by atoms with Gasteiger partial charge in [-0.05, 0) is 81.0 Å². The van der Waals surface area contributed by atoms with Crippen molar-refractivity contribution in [2.75, 3.05) is 37.7 Å². The highest BCUT2D eigenvalue weighted by molar-refractivity contribution is 5.96. The third-order valence-corrected chi connectivity index (χ3v) is 6.54. The molecule has 0 bridgehead atoms. The first-order chi connectivity index (χ1) is 14.4. The maximum atomic E-state index is 12.9. The molecule has 1 unspecified atom stereocenters. The fraction of sp³-hybridized carbons (Fsp3) is 0.480. The van der Waals surface area contributed by atoms with Gasteiger partial charge in [-0.3, -0.25) is 9.69 Å². The van der Waals surface area contributed by atoms with Crippen molar-refractivity contribution in [3.63, 3.8) is 0 Å². The Kier molecular flexibility index (Phi) is 6.11. The number of aliphatic hydroxyl groups is 1. The van der Waals surface area contributed by atoms with Gasteiger partial charge in [-0.2, -0.15) is 0 Å². The van der Waals surface area contributed by atoms with E-state index in [-0.39, 0.29) is 12.5 Å². The minimum atomic E-state index is -0.850. The summed E-state index contributed by atoms with van der Waals surface area (Å²) in [5.41, 5.74) is 3.87. The predicted molar refractivity (Wildman–Crippen MR) is 119 cm³/mol. The van der Waals surface area contributed by atoms with Gasteiger partial charge < -0.3 is 14.7 Å². The number of nitrogens with zero attached hydrogens (tertiary/aromatic N) is 2. The average molecular weight is 409 g/mol. The number of fused-ring (bicyclic) bond motifs is 1. The molecule has 1 fully saturated rings. The summed E-state index contributed by atoms with van der Waals surface area (Å²) in [6.07, 6.45) is 3.09. The van der Waals surface area contributed by atoms with E-state index in [0.717, 1.165) is 37.4 Å². The number of para-hydroxylation sites is 1. The minimum absolute atomic E-state index is 0.150. The molecule has 2 aromatic rings. The lowest BCUT2D eigenvalue weighted by Gasteiger charge is -2.27. The number of rotatable bonds is 5. The van der Waals surface area contributed by atoms with E-state index in [1.54, 1.807) is 0 Å². The van der Waals surface area contributed by atoms with Crippen LogP contribution in [0.4, 0.5) is 5.69 Å². The first kappa shape index (κ1) is 20.9. The Morgan fingerprint density at radius 3 is 2.73 bits per heavy atom. The highest BCUT2D eigenvalue weighted by Gasteiger charge is 2.33. The van der Waals surface area contributed by atoms with E-state index in [9.17, 15) is 9.90 Å². The fourth-order valence-electron chi connectivity index (χ4n) is 4.43. The van der Waals surface area contributed by atoms with Crippen LogP contribution in [0.3, 0.4) is 0 Å². The van der Waals surface area contributed by atoms with Crippen LogP contribution in [0.2, 0.25) is 0 Å². The Morgan fingerprint density at radius 2 is 1.90 bits per heavy atom. The molecule has 0 spiro atoms. The molecule has 2 aliphatic rings. The maximum Gasteiger partial charge on any atom is 0.241 e. The van der Waals surface area contributed by atoms with E-state index in [2.05, 4.69) is 24.8 Å². The van der Waals surface area contributed by atoms with Crippen LogP contribution in [-0.4, -0.2) is 54.3 Å². The lowest BCUT2D eigenvalue weighted by Crippen LogP contribution is -2.41. The predicted octanol–water partition coefficient (Wildman–Crippen LogP) is 3.49. The Bertz CT molecular complexity index is 913. The number of carbonyl (C=O) groups excluding carboxylic acids is 1. The zero-order valence-corrected chi connectivity index (χ0v) is 18.1. The van der Waals surface area contributed by atoms with Crippen LogP contribution in [-0.2, 0) is 11.2 Å². The largest absolute Gasteiger partial charge is 0.491 e. The minimum Gasteiger partial charge on any atom is -0.491 e. The summed E-state index contributed by atoms with van der Waals surface area (Å²) in [6, 6.07) is 14.2. The number of ether oxygens (including phenoxy) is 1. The molecular weight excluding hydrogens is 376 g/mol. The monoisotopic (exact) mass is 408 g/mol. The number of aryl methyl sites for hydroxylation is 2. The van der Waals surface area contributed by atoms with Gasteiger partial charge in [0.1, 0.15) is 12.4 Å². The van der Waals surface area contributed by atoms with Gasteiger partial charge in [0.05, 0.1) is 12.1 Å². The van der Waals surface area contributed by atoms with Crippen molar-refractivity contribution in [3.05, 3.63) is 59.2 Å². The number of carbonyl (C=O) groups is 1. The molecule has 1 amide bonds. The van der Waals surface area contributed by atoms with E-state index < -0.39 is 5.60 Å². The van der Waals surface area contributed by atoms with Gasteiger partial charge in [0.25, 0.3) is 0 Å². The first-order valence-electron chi connectivity index (χ1n) is 11.0. The molecule has 160 valence electrons. The molecule has 1 atom stereocenters. The van der Waals surface area contributed by atoms with E-state index in [1.165, 1.54) is 16.7 Å². The summed E-state index contributed by atoms with van der Waals surface area (Å²) in [5, 5.41) is 11.1. The van der Waals surface area contributed by atoms with Crippen molar-refractivity contribution in [1.29, 1.82) is 0 Å². The smallest absolute Gasteiger partial charge is 0.241 e. The maximum absolute atomic E-state index is 12.9. The molecule has 30 heavy (non-hydrogen) atoms. The topological polar surface area (TPSA) is 53.0 Å². The van der Waals surface area contributed by atoms with Gasteiger partial charge in [0, 0.05) is 18.8 Å². The molecular formula is C25H32N2O3. The first-order valence-corrected chi connectivity index (χ1v) is 11.0. The van der Waals surface area contributed by atoms with Crippen molar-refractivity contribution in [1.82, 2.24) is 4.90 Å². The molecule has 0 radical (unpaired) electrons. The number of likely N-dealkylation sites (tertiary alicyclic amines) is 1. The van der Waals surface area contributed by atoms with Gasteiger partial charge in [-0.1, -0.05) is 24.3 Å². The lowest BCUT2D eigenvalue weighted by molar-refractivity contribution is -0.119. The SMILES string of the molecule is Cc1ccc(OCC2(O)CCCN(CC(=O)N3CCc4ccccc43)CC2)cc1C. The molecule has 4 rings (SSSR count). The molecule has 2 heterocycles. The van der Waals surface area contributed by atoms with E-state index in [0.29, 0.717) is 25.9 Å². The van der Waals surface area contributed by atoms with Gasteiger partial charge >= 0.3 is 0 Å². The van der Waals surface area contributed by atoms with Gasteiger partial charge in [-0.15, -0.1) is 0 Å². The highest BCUT2D eigenvalue weighted by atomic mass is 16.5. The Labute approximate surface area is 179 Å². The standard InChI is InChI=1S/C25H32N2O3/c1-19-8-9-22(16-20(19)2)30-18-25(29)11-5-13-26(15-12-25)17-24(28)27-14-10-21-6-3-4-7-23(21)27/h3-4,6-9,16,29H,5,10-15,17-18H2,1-2H3. The quantitative estimate of drug-likeness (QED) is 0.823. The zero-order valence-electron chi connectivity index (χ0n) is 18.1. The molecule has 1 N–H and O–H groups in total. The highest BCUT2D eigenvalue weighted by Crippen LogP contribution is 2.28. The van der Waals surface area contributed by atoms with Gasteiger partial charge in [-0.25, -0.2) is 0 Å². The van der Waals surface area contributed by atoms with Crippen molar-refractivity contribution in [3.8, 4) is 5.75 Å². The molecule has 5 nitrogen and oxygen atoms in total. The van der Waals surface area contributed by atoms with Crippen LogP contribution in [0, 0.1) is 13.8 Å². The van der Waals surface area contributed by atoms with Crippen LogP contribution in [0.5, 0.6) is 5.75 Å². The Morgan fingerprint density at radius 1 is 1.07 bits per heavy atom. The number of amides is 1. The Balaban J connectivity index is 1.31. The third kappa shape index (κ3) is 4.68. The number of benzene rings is 2. The lowest BCUT2D eigenvalue weighted by atomic mass is 9.96. The van der Waals surface area contributed by atoms with Crippen molar-refractivity contribution >= 4 is 11.6 Å². The number of anilines is 1. The van der Waals surface area contributed by atoms with Crippen molar-refractivity contribution in [2.24, 2.45) is 0 Å². The summed E-state index contributed by atoms with van der Waals surface area (Å²) >= 11 is 0.